The minimum Gasteiger partial charge on any atom is -0.444 e. The van der Waals surface area contributed by atoms with E-state index in [-0.39, 0.29) is 13.1 Å². The van der Waals surface area contributed by atoms with Crippen LogP contribution < -0.4 is 0 Å². The average molecular weight is 421 g/mol. The minimum atomic E-state index is -3.40. The number of carbonyl (C=O) groups excluding carboxylic acids is 1. The van der Waals surface area contributed by atoms with Crippen LogP contribution in [-0.4, -0.2) is 70.7 Å². The van der Waals surface area contributed by atoms with Crippen molar-refractivity contribution in [2.75, 3.05) is 26.2 Å². The summed E-state index contributed by atoms with van der Waals surface area (Å²) < 4.78 is 32.8. The van der Waals surface area contributed by atoms with E-state index < -0.39 is 27.0 Å². The normalized spacial score (nSPS) is 20.0. The van der Waals surface area contributed by atoms with Crippen LogP contribution in [0.5, 0.6) is 0 Å². The van der Waals surface area contributed by atoms with Gasteiger partial charge in [0.05, 0.1) is 11.7 Å². The van der Waals surface area contributed by atoms with Gasteiger partial charge in [0, 0.05) is 44.0 Å². The van der Waals surface area contributed by atoms with Gasteiger partial charge in [-0.1, -0.05) is 0 Å². The Morgan fingerprint density at radius 2 is 1.93 bits per heavy atom. The summed E-state index contributed by atoms with van der Waals surface area (Å²) in [5.74, 6) is 0.331. The van der Waals surface area contributed by atoms with Crippen LogP contribution in [0.25, 0.3) is 10.9 Å². The molecule has 4 rings (SSSR count). The second-order valence-corrected chi connectivity index (χ2v) is 11.1. The van der Waals surface area contributed by atoms with E-state index in [4.69, 9.17) is 4.74 Å². The van der Waals surface area contributed by atoms with Crippen LogP contribution in [0.15, 0.2) is 24.7 Å². The molecular weight excluding hydrogens is 392 g/mol. The predicted octanol–water partition coefficient (Wildman–Crippen LogP) is 2.69. The molecule has 29 heavy (non-hydrogen) atoms. The van der Waals surface area contributed by atoms with Crippen LogP contribution >= 0.6 is 0 Å². The highest BCUT2D eigenvalue weighted by atomic mass is 32.2. The van der Waals surface area contributed by atoms with Gasteiger partial charge in [0.25, 0.3) is 0 Å². The number of rotatable bonds is 3. The Kier molecular flexibility index (Phi) is 5.06. The van der Waals surface area contributed by atoms with Crippen LogP contribution in [-0.2, 0) is 14.8 Å². The molecule has 2 aromatic rings. The van der Waals surface area contributed by atoms with Crippen LogP contribution in [0.1, 0.15) is 45.1 Å². The first-order chi connectivity index (χ1) is 13.6. The van der Waals surface area contributed by atoms with Crippen molar-refractivity contribution in [2.45, 2.75) is 50.4 Å². The number of nitrogens with zero attached hydrogens (tertiary/aromatic N) is 3. The number of pyridine rings is 1. The zero-order valence-electron chi connectivity index (χ0n) is 17.1. The smallest absolute Gasteiger partial charge is 0.410 e. The first-order valence-electron chi connectivity index (χ1n) is 10.0. The van der Waals surface area contributed by atoms with Crippen molar-refractivity contribution in [1.82, 2.24) is 19.2 Å². The largest absolute Gasteiger partial charge is 0.444 e. The molecule has 0 radical (unpaired) electrons. The fourth-order valence-corrected chi connectivity index (χ4v) is 5.94. The number of sulfonamides is 1. The van der Waals surface area contributed by atoms with Crippen molar-refractivity contribution in [3.63, 3.8) is 0 Å². The molecule has 0 spiro atoms. The van der Waals surface area contributed by atoms with E-state index in [1.165, 1.54) is 10.5 Å². The van der Waals surface area contributed by atoms with Crippen LogP contribution in [0, 0.1) is 0 Å². The van der Waals surface area contributed by atoms with Crippen molar-refractivity contribution in [1.29, 1.82) is 0 Å². The number of aromatic amines is 1. The van der Waals surface area contributed by atoms with Gasteiger partial charge in [-0.25, -0.2) is 17.5 Å². The highest BCUT2D eigenvalue weighted by Crippen LogP contribution is 2.34. The summed E-state index contributed by atoms with van der Waals surface area (Å²) in [7, 11) is -3.40. The molecule has 8 nitrogen and oxygen atoms in total. The number of nitrogens with one attached hydrogen (secondary N) is 1. The quantitative estimate of drug-likeness (QED) is 0.824. The average Bonchev–Trinajstić information content (AvgIpc) is 3.03. The molecule has 1 N–H and O–H groups in total. The summed E-state index contributed by atoms with van der Waals surface area (Å²) in [6.45, 7) is 6.81. The van der Waals surface area contributed by atoms with Gasteiger partial charge in [-0.15, -0.1) is 0 Å². The topological polar surface area (TPSA) is 95.6 Å². The standard InChI is InChI=1S/C20H28N4O4S/c1-20(2,3)28-19(25)23-12-15(13-23)29(26,27)24-8-5-14(6-9-24)17-10-22-18-11-21-7-4-16(17)18/h4,7,10-11,14-15,22H,5-6,8-9,12-13H2,1-3H3. The Balaban J connectivity index is 1.34. The molecule has 4 heterocycles. The zero-order chi connectivity index (χ0) is 20.8. The van der Waals surface area contributed by atoms with Gasteiger partial charge >= 0.3 is 6.09 Å². The van der Waals surface area contributed by atoms with E-state index >= 15 is 0 Å². The van der Waals surface area contributed by atoms with Gasteiger partial charge in [-0.05, 0) is 51.2 Å². The van der Waals surface area contributed by atoms with E-state index in [1.807, 2.05) is 18.5 Å². The van der Waals surface area contributed by atoms with Crippen molar-refractivity contribution in [3.05, 3.63) is 30.2 Å². The number of hydrogen-bond acceptors (Lipinski definition) is 5. The fraction of sp³-hybridized carbons (Fsp3) is 0.600. The summed E-state index contributed by atoms with van der Waals surface area (Å²) >= 11 is 0. The second-order valence-electron chi connectivity index (χ2n) is 8.89. The molecule has 2 aliphatic heterocycles. The van der Waals surface area contributed by atoms with Gasteiger partial charge in [-0.2, -0.15) is 0 Å². The summed E-state index contributed by atoms with van der Waals surface area (Å²) in [5, 5.41) is 0.624. The number of piperidine rings is 1. The maximum absolute atomic E-state index is 13.0. The third kappa shape index (κ3) is 3.98. The molecular formula is C20H28N4O4S. The van der Waals surface area contributed by atoms with Crippen molar-refractivity contribution in [3.8, 4) is 0 Å². The lowest BCUT2D eigenvalue weighted by molar-refractivity contribution is 0.0135. The zero-order valence-corrected chi connectivity index (χ0v) is 17.9. The number of ether oxygens (including phenoxy) is 1. The van der Waals surface area contributed by atoms with E-state index in [0.717, 1.165) is 23.7 Å². The number of aromatic nitrogens is 2. The fourth-order valence-electron chi connectivity index (χ4n) is 4.07. The Morgan fingerprint density at radius 1 is 1.24 bits per heavy atom. The Hall–Kier alpha value is -2.13. The second kappa shape index (κ2) is 7.28. The SMILES string of the molecule is CC(C)(C)OC(=O)N1CC(S(=O)(=O)N2CCC(c3c[nH]c4cnccc34)CC2)C1. The molecule has 158 valence electrons. The van der Waals surface area contributed by atoms with E-state index in [0.29, 0.717) is 19.0 Å². The third-order valence-corrected chi connectivity index (χ3v) is 7.92. The molecule has 9 heteroatoms. The van der Waals surface area contributed by atoms with Crippen molar-refractivity contribution >= 4 is 27.0 Å². The lowest BCUT2D eigenvalue weighted by atomic mass is 9.90. The van der Waals surface area contributed by atoms with Crippen molar-refractivity contribution in [2.24, 2.45) is 0 Å². The number of hydrogen-bond donors (Lipinski definition) is 1. The molecule has 2 aliphatic rings. The van der Waals surface area contributed by atoms with Crippen molar-refractivity contribution < 1.29 is 17.9 Å². The van der Waals surface area contributed by atoms with Crippen LogP contribution in [0.4, 0.5) is 4.79 Å². The highest BCUT2D eigenvalue weighted by Gasteiger charge is 2.44. The van der Waals surface area contributed by atoms with E-state index in [1.54, 1.807) is 31.3 Å². The maximum atomic E-state index is 13.0. The summed E-state index contributed by atoms with van der Waals surface area (Å²) in [5.41, 5.74) is 1.66. The number of H-pyrrole nitrogens is 1. The monoisotopic (exact) mass is 420 g/mol. The van der Waals surface area contributed by atoms with Crippen LogP contribution in [0.3, 0.4) is 0 Å². The molecule has 0 aliphatic carbocycles. The highest BCUT2D eigenvalue weighted by molar-refractivity contribution is 7.89. The summed E-state index contributed by atoms with van der Waals surface area (Å²) in [6.07, 6.45) is 6.74. The first-order valence-corrected chi connectivity index (χ1v) is 11.5. The van der Waals surface area contributed by atoms with Gasteiger partial charge in [0.2, 0.25) is 10.0 Å². The molecule has 2 fully saturated rings. The molecule has 2 saturated heterocycles. The van der Waals surface area contributed by atoms with E-state index in [2.05, 4.69) is 9.97 Å². The number of carbonyl (C=O) groups is 1. The summed E-state index contributed by atoms with van der Waals surface area (Å²) in [6, 6.07) is 2.00. The molecule has 2 aromatic heterocycles. The van der Waals surface area contributed by atoms with Gasteiger partial charge in [0.1, 0.15) is 10.9 Å². The lowest BCUT2D eigenvalue weighted by Gasteiger charge is -2.42. The molecule has 0 atom stereocenters. The maximum Gasteiger partial charge on any atom is 0.410 e. The Labute approximate surface area is 171 Å². The molecule has 0 aromatic carbocycles. The Bertz CT molecular complexity index is 997. The van der Waals surface area contributed by atoms with E-state index in [9.17, 15) is 13.2 Å². The van der Waals surface area contributed by atoms with Crippen LogP contribution in [0.2, 0.25) is 0 Å². The van der Waals surface area contributed by atoms with Gasteiger partial charge in [-0.3, -0.25) is 4.98 Å². The molecule has 1 amide bonds. The van der Waals surface area contributed by atoms with Gasteiger partial charge < -0.3 is 14.6 Å². The number of fused-ring (bicyclic) bond motifs is 1. The molecule has 0 saturated carbocycles. The lowest BCUT2D eigenvalue weighted by Crippen LogP contribution is -2.61. The third-order valence-electron chi connectivity index (χ3n) is 5.69. The summed E-state index contributed by atoms with van der Waals surface area (Å²) in [4.78, 5) is 20.9. The Morgan fingerprint density at radius 3 is 2.59 bits per heavy atom. The minimum absolute atomic E-state index is 0.201. The molecule has 0 bridgehead atoms. The first kappa shape index (κ1) is 20.2. The molecule has 0 unspecified atom stereocenters. The number of likely N-dealkylation sites (tertiary alicyclic amines) is 1. The number of amides is 1. The van der Waals surface area contributed by atoms with Gasteiger partial charge in [0.15, 0.2) is 0 Å². The predicted molar refractivity (Wildman–Crippen MR) is 110 cm³/mol.